The number of halogens is 1. The van der Waals surface area contributed by atoms with Crippen LogP contribution in [0, 0.1) is 0 Å². The number of rotatable bonds is 2. The summed E-state index contributed by atoms with van der Waals surface area (Å²) in [6, 6.07) is 3.80. The summed E-state index contributed by atoms with van der Waals surface area (Å²) in [7, 11) is 0. The molecule has 0 saturated carbocycles. The van der Waals surface area contributed by atoms with Crippen molar-refractivity contribution in [1.82, 2.24) is 0 Å². The van der Waals surface area contributed by atoms with Crippen molar-refractivity contribution in [2.45, 2.75) is 32.6 Å². The maximum Gasteiger partial charge on any atom is 0.192 e. The predicted molar refractivity (Wildman–Crippen MR) is 67.7 cm³/mol. The number of ketones is 1. The van der Waals surface area contributed by atoms with Crippen molar-refractivity contribution in [2.24, 2.45) is 0 Å². The van der Waals surface area contributed by atoms with E-state index in [0.29, 0.717) is 0 Å². The highest BCUT2D eigenvalue weighted by atomic mass is 127. The summed E-state index contributed by atoms with van der Waals surface area (Å²) in [4.78, 5) is 11.5. The smallest absolute Gasteiger partial charge is 0.192 e. The van der Waals surface area contributed by atoms with Crippen LogP contribution in [0.15, 0.2) is 12.1 Å². The average Bonchev–Trinajstić information content (AvgIpc) is 2.27. The minimum absolute atomic E-state index is 0.160. The first-order valence-corrected chi connectivity index (χ1v) is 6.06. The molecule has 0 spiro atoms. The third-order valence-corrected chi connectivity index (χ3v) is 3.43. The van der Waals surface area contributed by atoms with Crippen molar-refractivity contribution in [1.29, 1.82) is 0 Å². The monoisotopic (exact) mass is 316 g/mol. The van der Waals surface area contributed by atoms with Gasteiger partial charge in [-0.3, -0.25) is 4.79 Å². The summed E-state index contributed by atoms with van der Waals surface area (Å²) in [6.45, 7) is 1.63. The van der Waals surface area contributed by atoms with Crippen molar-refractivity contribution < 1.29 is 7.86 Å². The molecule has 0 bridgehead atoms. The zero-order chi connectivity index (χ0) is 10.8. The number of carbonyl (C=O) groups excluding carboxylic acids is 1. The first-order valence-electron chi connectivity index (χ1n) is 5.18. The van der Waals surface area contributed by atoms with E-state index >= 15 is 0 Å². The molecule has 0 N–H and O–H groups in total. The highest BCUT2D eigenvalue weighted by molar-refractivity contribution is 14.1. The van der Waals surface area contributed by atoms with Crippen LogP contribution in [0.4, 0.5) is 0 Å². The van der Waals surface area contributed by atoms with Crippen LogP contribution in [-0.2, 0) is 12.8 Å². The van der Waals surface area contributed by atoms with Crippen LogP contribution in [0.1, 0.15) is 41.3 Å². The lowest BCUT2D eigenvalue weighted by Gasteiger charge is -2.20. The van der Waals surface area contributed by atoms with Gasteiger partial charge in [-0.05, 0) is 55.9 Å². The van der Waals surface area contributed by atoms with E-state index in [1.54, 1.807) is 6.92 Å². The summed E-state index contributed by atoms with van der Waals surface area (Å²) in [5.74, 6) is 1.09. The van der Waals surface area contributed by atoms with Gasteiger partial charge in [0.15, 0.2) is 28.8 Å². The molecule has 0 radical (unpaired) electrons. The van der Waals surface area contributed by atoms with Gasteiger partial charge in [0.1, 0.15) is 5.75 Å². The first kappa shape index (κ1) is 10.9. The van der Waals surface area contributed by atoms with Crippen LogP contribution in [0.2, 0.25) is 0 Å². The molecule has 0 aromatic heterocycles. The van der Waals surface area contributed by atoms with E-state index in [0.717, 1.165) is 24.2 Å². The van der Waals surface area contributed by atoms with Crippen LogP contribution in [0.3, 0.4) is 0 Å². The van der Waals surface area contributed by atoms with Gasteiger partial charge < -0.3 is 3.07 Å². The molecular weight excluding hydrogens is 303 g/mol. The topological polar surface area (TPSA) is 26.3 Å². The Morgan fingerprint density at radius 3 is 2.53 bits per heavy atom. The standard InChI is InChI=1S/C12H13IO2/c1-8(14)9-6-7-12(15-13)11-5-3-2-4-10(9)11/h6-7H,2-5H2,1H3. The van der Waals surface area contributed by atoms with E-state index < -0.39 is 0 Å². The lowest BCUT2D eigenvalue weighted by atomic mass is 9.86. The maximum absolute atomic E-state index is 11.5. The Balaban J connectivity index is 2.57. The molecule has 2 nitrogen and oxygen atoms in total. The number of Topliss-reactive ketones (excluding diaryl/α,β-unsaturated/α-hetero) is 1. The highest BCUT2D eigenvalue weighted by Gasteiger charge is 2.19. The fraction of sp³-hybridized carbons (Fsp3) is 0.417. The number of hydrogen-bond donors (Lipinski definition) is 0. The van der Waals surface area contributed by atoms with E-state index in [1.807, 2.05) is 35.1 Å². The SMILES string of the molecule is CC(=O)c1ccc(OI)c2c1CCCC2. The molecule has 0 saturated heterocycles. The van der Waals surface area contributed by atoms with Gasteiger partial charge in [-0.15, -0.1) is 0 Å². The quantitative estimate of drug-likeness (QED) is 0.617. The third-order valence-electron chi connectivity index (χ3n) is 2.95. The van der Waals surface area contributed by atoms with Gasteiger partial charge in [0.2, 0.25) is 0 Å². The Hall–Kier alpha value is -0.580. The Labute approximate surface area is 104 Å². The number of carbonyl (C=O) groups is 1. The van der Waals surface area contributed by atoms with Crippen LogP contribution in [-0.4, -0.2) is 5.78 Å². The highest BCUT2D eigenvalue weighted by Crippen LogP contribution is 2.33. The molecule has 1 aromatic rings. The van der Waals surface area contributed by atoms with Gasteiger partial charge >= 0.3 is 0 Å². The molecule has 0 fully saturated rings. The second-order valence-electron chi connectivity index (χ2n) is 3.91. The fourth-order valence-corrected chi connectivity index (χ4v) is 2.65. The predicted octanol–water partition coefficient (Wildman–Crippen LogP) is 3.50. The van der Waals surface area contributed by atoms with Gasteiger partial charge in [-0.25, -0.2) is 0 Å². The molecule has 1 aliphatic carbocycles. The molecular formula is C12H13IO2. The van der Waals surface area contributed by atoms with Gasteiger partial charge in [0.05, 0.1) is 0 Å². The van der Waals surface area contributed by atoms with E-state index in [4.69, 9.17) is 3.07 Å². The molecule has 2 rings (SSSR count). The lowest BCUT2D eigenvalue weighted by Crippen LogP contribution is -2.09. The zero-order valence-electron chi connectivity index (χ0n) is 8.68. The maximum atomic E-state index is 11.5. The largest absolute Gasteiger partial charge is 0.427 e. The molecule has 0 amide bonds. The Morgan fingerprint density at radius 1 is 1.27 bits per heavy atom. The minimum atomic E-state index is 0.160. The summed E-state index contributed by atoms with van der Waals surface area (Å²) in [6.07, 6.45) is 4.42. The fourth-order valence-electron chi connectivity index (χ4n) is 2.24. The van der Waals surface area contributed by atoms with Crippen molar-refractivity contribution >= 4 is 28.8 Å². The second kappa shape index (κ2) is 4.51. The summed E-state index contributed by atoms with van der Waals surface area (Å²) >= 11 is 1.90. The normalized spacial score (nSPS) is 14.5. The molecule has 0 aliphatic heterocycles. The minimum Gasteiger partial charge on any atom is -0.427 e. The van der Waals surface area contributed by atoms with Crippen LogP contribution < -0.4 is 3.07 Å². The molecule has 0 unspecified atom stereocenters. The van der Waals surface area contributed by atoms with Crippen LogP contribution in [0.25, 0.3) is 0 Å². The summed E-state index contributed by atoms with van der Waals surface area (Å²) < 4.78 is 5.31. The van der Waals surface area contributed by atoms with E-state index in [1.165, 1.54) is 24.0 Å². The molecule has 80 valence electrons. The first-order chi connectivity index (χ1) is 7.24. The lowest BCUT2D eigenvalue weighted by molar-refractivity contribution is 0.101. The third kappa shape index (κ3) is 2.02. The van der Waals surface area contributed by atoms with E-state index in [2.05, 4.69) is 0 Å². The summed E-state index contributed by atoms with van der Waals surface area (Å²) in [5.41, 5.74) is 3.33. The van der Waals surface area contributed by atoms with E-state index in [-0.39, 0.29) is 5.78 Å². The average molecular weight is 316 g/mol. The molecule has 1 aromatic carbocycles. The van der Waals surface area contributed by atoms with Crippen molar-refractivity contribution in [3.05, 3.63) is 28.8 Å². The molecule has 1 aliphatic rings. The van der Waals surface area contributed by atoms with Gasteiger partial charge in [-0.2, -0.15) is 0 Å². The molecule has 0 atom stereocenters. The zero-order valence-corrected chi connectivity index (χ0v) is 10.8. The Morgan fingerprint density at radius 2 is 1.93 bits per heavy atom. The number of fused-ring (bicyclic) bond motifs is 1. The molecule has 0 heterocycles. The van der Waals surface area contributed by atoms with Crippen molar-refractivity contribution in [3.63, 3.8) is 0 Å². The number of hydrogen-bond acceptors (Lipinski definition) is 2. The molecule has 3 heteroatoms. The molecule has 15 heavy (non-hydrogen) atoms. The van der Waals surface area contributed by atoms with Crippen molar-refractivity contribution in [2.75, 3.05) is 0 Å². The Bertz CT molecular complexity index is 399. The van der Waals surface area contributed by atoms with Crippen LogP contribution in [0.5, 0.6) is 5.75 Å². The van der Waals surface area contributed by atoms with Crippen LogP contribution >= 0.6 is 23.0 Å². The van der Waals surface area contributed by atoms with Gasteiger partial charge in [0.25, 0.3) is 0 Å². The second-order valence-corrected chi connectivity index (χ2v) is 4.35. The van der Waals surface area contributed by atoms with Gasteiger partial charge in [0, 0.05) is 5.56 Å². The van der Waals surface area contributed by atoms with Crippen molar-refractivity contribution in [3.8, 4) is 5.75 Å². The van der Waals surface area contributed by atoms with Gasteiger partial charge in [-0.1, -0.05) is 0 Å². The number of benzene rings is 1. The summed E-state index contributed by atoms with van der Waals surface area (Å²) in [5, 5.41) is 0. The van der Waals surface area contributed by atoms with E-state index in [9.17, 15) is 4.79 Å². The Kier molecular flexibility index (Phi) is 3.29.